The van der Waals surface area contributed by atoms with E-state index >= 15 is 0 Å². The third-order valence-corrected chi connectivity index (χ3v) is 2.46. The van der Waals surface area contributed by atoms with Gasteiger partial charge in [0, 0.05) is 5.39 Å². The van der Waals surface area contributed by atoms with E-state index in [4.69, 9.17) is 5.73 Å². The van der Waals surface area contributed by atoms with Crippen LogP contribution in [0, 0.1) is 0 Å². The average molecular weight is 280 g/mol. The zero-order valence-electron chi connectivity index (χ0n) is 9.10. The van der Waals surface area contributed by atoms with Gasteiger partial charge in [-0.3, -0.25) is 0 Å². The average Bonchev–Trinajstić information content (AvgIpc) is 2.24. The van der Waals surface area contributed by atoms with Gasteiger partial charge < -0.3 is 5.73 Å². The van der Waals surface area contributed by atoms with Gasteiger partial charge in [0.15, 0.2) is 0 Å². The molecule has 19 heavy (non-hydrogen) atoms. The van der Waals surface area contributed by atoms with Crippen LogP contribution in [0.5, 0.6) is 0 Å². The lowest BCUT2D eigenvalue weighted by Crippen LogP contribution is -2.12. The minimum Gasteiger partial charge on any atom is -0.384 e. The van der Waals surface area contributed by atoms with Crippen LogP contribution < -0.4 is 5.73 Å². The normalized spacial score (nSPS) is 12.9. The Hall–Kier alpha value is -1.99. The van der Waals surface area contributed by atoms with E-state index in [9.17, 15) is 26.3 Å². The van der Waals surface area contributed by atoms with Crippen LogP contribution in [0.2, 0.25) is 0 Å². The third-order valence-electron chi connectivity index (χ3n) is 2.46. The van der Waals surface area contributed by atoms with Crippen molar-refractivity contribution in [1.82, 2.24) is 4.98 Å². The highest BCUT2D eigenvalue weighted by Gasteiger charge is 2.38. The van der Waals surface area contributed by atoms with E-state index in [1.54, 1.807) is 0 Å². The van der Waals surface area contributed by atoms with Crippen LogP contribution in [0.3, 0.4) is 0 Å². The molecule has 1 heterocycles. The van der Waals surface area contributed by atoms with Gasteiger partial charge >= 0.3 is 12.4 Å². The molecule has 0 aliphatic rings. The first kappa shape index (κ1) is 13.4. The number of aromatic nitrogens is 1. The molecule has 0 radical (unpaired) electrons. The van der Waals surface area contributed by atoms with Crippen LogP contribution in [0.25, 0.3) is 10.9 Å². The molecule has 2 rings (SSSR count). The topological polar surface area (TPSA) is 38.9 Å². The Kier molecular flexibility index (Phi) is 2.83. The fourth-order valence-electron chi connectivity index (χ4n) is 1.65. The summed E-state index contributed by atoms with van der Waals surface area (Å²) in [5, 5.41) is -0.422. The van der Waals surface area contributed by atoms with Crippen molar-refractivity contribution in [3.63, 3.8) is 0 Å². The van der Waals surface area contributed by atoms with Crippen LogP contribution >= 0.6 is 0 Å². The van der Waals surface area contributed by atoms with Crippen molar-refractivity contribution in [2.45, 2.75) is 12.4 Å². The van der Waals surface area contributed by atoms with Crippen molar-refractivity contribution < 1.29 is 26.3 Å². The van der Waals surface area contributed by atoms with Crippen LogP contribution in [0.4, 0.5) is 32.2 Å². The lowest BCUT2D eigenvalue weighted by atomic mass is 10.0. The summed E-state index contributed by atoms with van der Waals surface area (Å²) in [5.74, 6) is -0.153. The molecule has 0 saturated carbocycles. The van der Waals surface area contributed by atoms with Gasteiger partial charge in [-0.25, -0.2) is 4.98 Å². The maximum atomic E-state index is 12.8. The minimum absolute atomic E-state index is 0.0696. The number of rotatable bonds is 0. The molecule has 8 heteroatoms. The highest BCUT2D eigenvalue weighted by atomic mass is 19.4. The van der Waals surface area contributed by atoms with Gasteiger partial charge in [-0.1, -0.05) is 0 Å². The number of halogens is 6. The molecule has 0 saturated heterocycles. The number of hydrogen-bond acceptors (Lipinski definition) is 2. The van der Waals surface area contributed by atoms with Gasteiger partial charge in [0.2, 0.25) is 0 Å². The number of nitrogens with zero attached hydrogens (tertiary/aromatic N) is 1. The molecule has 0 amide bonds. The molecule has 0 aliphatic carbocycles. The summed E-state index contributed by atoms with van der Waals surface area (Å²) in [6, 6.07) is 2.71. The van der Waals surface area contributed by atoms with E-state index in [-0.39, 0.29) is 11.9 Å². The monoisotopic (exact) mass is 280 g/mol. The molecular weight excluding hydrogens is 274 g/mol. The first-order valence-corrected chi connectivity index (χ1v) is 4.94. The Morgan fingerprint density at radius 2 is 1.53 bits per heavy atom. The summed E-state index contributed by atoms with van der Waals surface area (Å²) in [7, 11) is 0. The van der Waals surface area contributed by atoms with E-state index < -0.39 is 34.4 Å². The Bertz CT molecular complexity index is 629. The van der Waals surface area contributed by atoms with Crippen molar-refractivity contribution in [1.29, 1.82) is 0 Å². The number of nitrogens with two attached hydrogens (primary N) is 1. The Morgan fingerprint density at radius 1 is 0.895 bits per heavy atom. The quantitative estimate of drug-likeness (QED) is 0.744. The number of pyridine rings is 1. The second kappa shape index (κ2) is 4.01. The highest BCUT2D eigenvalue weighted by molar-refractivity contribution is 5.85. The maximum absolute atomic E-state index is 12.8. The Balaban J connectivity index is 2.84. The summed E-state index contributed by atoms with van der Waals surface area (Å²) in [4.78, 5) is 3.50. The van der Waals surface area contributed by atoms with Gasteiger partial charge in [0.25, 0.3) is 0 Å². The molecule has 0 aliphatic heterocycles. The smallest absolute Gasteiger partial charge is 0.384 e. The van der Waals surface area contributed by atoms with Crippen LogP contribution in [0.15, 0.2) is 24.3 Å². The lowest BCUT2D eigenvalue weighted by Gasteiger charge is -2.14. The molecule has 2 N–H and O–H groups in total. The van der Waals surface area contributed by atoms with Crippen molar-refractivity contribution in [2.75, 3.05) is 5.73 Å². The van der Waals surface area contributed by atoms with Crippen LogP contribution in [-0.2, 0) is 12.4 Å². The summed E-state index contributed by atoms with van der Waals surface area (Å²) in [6.45, 7) is 0. The van der Waals surface area contributed by atoms with E-state index in [2.05, 4.69) is 4.98 Å². The summed E-state index contributed by atoms with van der Waals surface area (Å²) >= 11 is 0. The fourth-order valence-corrected chi connectivity index (χ4v) is 1.65. The highest BCUT2D eigenvalue weighted by Crippen LogP contribution is 2.39. The second-order valence-electron chi connectivity index (χ2n) is 3.82. The lowest BCUT2D eigenvalue weighted by molar-refractivity contribution is -0.142. The number of alkyl halides is 6. The molecule has 0 atom stereocenters. The summed E-state index contributed by atoms with van der Waals surface area (Å²) < 4.78 is 76.0. The molecule has 0 unspecified atom stereocenters. The summed E-state index contributed by atoms with van der Waals surface area (Å²) in [6.07, 6.45) is -9.79. The van der Waals surface area contributed by atoms with Crippen LogP contribution in [-0.4, -0.2) is 4.98 Å². The number of fused-ring (bicyclic) bond motifs is 1. The molecule has 0 spiro atoms. The number of nitrogen functional groups attached to an aromatic ring is 1. The first-order valence-electron chi connectivity index (χ1n) is 4.94. The standard InChI is InChI=1S/C11H6F6N2/c12-10(13,14)5-3-7(11(15,16)17)6-1-2-9(18)19-8(6)4-5/h1-4H,(H2,18,19). The largest absolute Gasteiger partial charge is 0.417 e. The molecule has 0 fully saturated rings. The van der Waals surface area contributed by atoms with Crippen LogP contribution in [0.1, 0.15) is 11.1 Å². The van der Waals surface area contributed by atoms with E-state index in [0.29, 0.717) is 6.07 Å². The van der Waals surface area contributed by atoms with Gasteiger partial charge in [-0.05, 0) is 24.3 Å². The fraction of sp³-hybridized carbons (Fsp3) is 0.182. The maximum Gasteiger partial charge on any atom is 0.417 e. The second-order valence-corrected chi connectivity index (χ2v) is 3.82. The zero-order valence-corrected chi connectivity index (χ0v) is 9.10. The number of anilines is 1. The number of benzene rings is 1. The molecule has 0 bridgehead atoms. The summed E-state index contributed by atoms with van der Waals surface area (Å²) in [5.41, 5.74) is 2.03. The van der Waals surface area contributed by atoms with E-state index in [0.717, 1.165) is 12.1 Å². The van der Waals surface area contributed by atoms with Gasteiger partial charge in [0.1, 0.15) is 5.82 Å². The molecule has 2 aromatic rings. The Morgan fingerprint density at radius 3 is 2.05 bits per heavy atom. The Labute approximate surface area is 102 Å². The van der Waals surface area contributed by atoms with Crippen molar-refractivity contribution in [3.8, 4) is 0 Å². The van der Waals surface area contributed by atoms with Gasteiger partial charge in [-0.2, -0.15) is 26.3 Å². The predicted octanol–water partition coefficient (Wildman–Crippen LogP) is 3.85. The van der Waals surface area contributed by atoms with E-state index in [1.807, 2.05) is 0 Å². The predicted molar refractivity (Wildman–Crippen MR) is 56.2 cm³/mol. The molecular formula is C11H6F6N2. The van der Waals surface area contributed by atoms with Gasteiger partial charge in [0.05, 0.1) is 16.6 Å². The molecule has 1 aromatic carbocycles. The molecule has 102 valence electrons. The SMILES string of the molecule is Nc1ccc2c(C(F)(F)F)cc(C(F)(F)F)cc2n1. The van der Waals surface area contributed by atoms with Crippen molar-refractivity contribution in [3.05, 3.63) is 35.4 Å². The minimum atomic E-state index is -4.91. The third kappa shape index (κ3) is 2.56. The molecule has 1 aromatic heterocycles. The number of hydrogen-bond donors (Lipinski definition) is 1. The molecule has 2 nitrogen and oxygen atoms in total. The zero-order chi connectivity index (χ0) is 14.4. The van der Waals surface area contributed by atoms with E-state index in [1.165, 1.54) is 0 Å². The van der Waals surface area contributed by atoms with Gasteiger partial charge in [-0.15, -0.1) is 0 Å². The first-order chi connectivity index (χ1) is 8.59. The van der Waals surface area contributed by atoms with Crippen molar-refractivity contribution >= 4 is 16.7 Å². The van der Waals surface area contributed by atoms with Crippen molar-refractivity contribution in [2.24, 2.45) is 0 Å².